The van der Waals surface area contributed by atoms with Crippen LogP contribution >= 0.6 is 0 Å². The van der Waals surface area contributed by atoms with E-state index < -0.39 is 5.60 Å². The highest BCUT2D eigenvalue weighted by Crippen LogP contribution is 2.27. The van der Waals surface area contributed by atoms with Crippen LogP contribution in [0.5, 0.6) is 0 Å². The van der Waals surface area contributed by atoms with Crippen LogP contribution < -0.4 is 5.73 Å². The Hall–Kier alpha value is -0.610. The summed E-state index contributed by atoms with van der Waals surface area (Å²) < 4.78 is 0. The Morgan fingerprint density at radius 2 is 2.00 bits per heavy atom. The topological polar surface area (TPSA) is 66.6 Å². The summed E-state index contributed by atoms with van der Waals surface area (Å²) in [6.45, 7) is 3.06. The molecule has 2 aliphatic rings. The fraction of sp³-hybridized carbons (Fsp3) is 0.929. The van der Waals surface area contributed by atoms with Crippen molar-refractivity contribution in [2.45, 2.75) is 63.5 Å². The molecule has 1 aliphatic carbocycles. The Morgan fingerprint density at radius 3 is 2.72 bits per heavy atom. The molecule has 104 valence electrons. The van der Waals surface area contributed by atoms with Gasteiger partial charge in [0.25, 0.3) is 0 Å². The third-order valence-corrected chi connectivity index (χ3v) is 4.37. The fourth-order valence-corrected chi connectivity index (χ4v) is 3.29. The molecule has 2 rings (SSSR count). The molecule has 0 aromatic carbocycles. The number of amides is 1. The lowest BCUT2D eigenvalue weighted by molar-refractivity contribution is -0.142. The molecule has 1 saturated heterocycles. The van der Waals surface area contributed by atoms with E-state index in [0.717, 1.165) is 45.1 Å². The Morgan fingerprint density at radius 1 is 1.28 bits per heavy atom. The van der Waals surface area contributed by atoms with Gasteiger partial charge in [-0.25, -0.2) is 0 Å². The smallest absolute Gasteiger partial charge is 0.227 e. The van der Waals surface area contributed by atoms with Crippen molar-refractivity contribution in [1.82, 2.24) is 4.90 Å². The number of aliphatic hydroxyl groups is 1. The lowest BCUT2D eigenvalue weighted by Crippen LogP contribution is -2.52. The molecule has 3 atom stereocenters. The minimum Gasteiger partial charge on any atom is -0.388 e. The molecule has 0 aromatic heterocycles. The summed E-state index contributed by atoms with van der Waals surface area (Å²) in [6, 6.07) is 0.00637. The van der Waals surface area contributed by atoms with E-state index in [4.69, 9.17) is 5.73 Å². The van der Waals surface area contributed by atoms with E-state index in [-0.39, 0.29) is 17.9 Å². The molecule has 1 saturated carbocycles. The molecule has 1 heterocycles. The Labute approximate surface area is 110 Å². The van der Waals surface area contributed by atoms with Crippen molar-refractivity contribution in [3.8, 4) is 0 Å². The molecule has 3 unspecified atom stereocenters. The second-order valence-corrected chi connectivity index (χ2v) is 6.27. The predicted octanol–water partition coefficient (Wildman–Crippen LogP) is 1.27. The quantitative estimate of drug-likeness (QED) is 0.692. The predicted molar refractivity (Wildman–Crippen MR) is 71.0 cm³/mol. The number of hydrogen-bond donors (Lipinski definition) is 2. The van der Waals surface area contributed by atoms with E-state index in [1.165, 1.54) is 6.42 Å². The SMILES string of the molecule is CC1(O)CCCN(C(=O)C2CCCCCC2N)C1. The molecule has 0 spiro atoms. The van der Waals surface area contributed by atoms with Gasteiger partial charge in [-0.1, -0.05) is 19.3 Å². The number of piperidine rings is 1. The third kappa shape index (κ3) is 3.23. The second kappa shape index (κ2) is 5.57. The summed E-state index contributed by atoms with van der Waals surface area (Å²) in [4.78, 5) is 14.4. The van der Waals surface area contributed by atoms with Gasteiger partial charge in [-0.05, 0) is 32.6 Å². The Balaban J connectivity index is 2.00. The molecule has 3 N–H and O–H groups in total. The molecule has 0 bridgehead atoms. The lowest BCUT2D eigenvalue weighted by atomic mass is 9.90. The van der Waals surface area contributed by atoms with E-state index in [1.807, 2.05) is 11.8 Å². The summed E-state index contributed by atoms with van der Waals surface area (Å²) in [6.07, 6.45) is 6.99. The highest BCUT2D eigenvalue weighted by atomic mass is 16.3. The standard InChI is InChI=1S/C14H26N2O2/c1-14(18)8-5-9-16(10-14)13(17)11-6-3-2-4-7-12(11)15/h11-12,18H,2-10,15H2,1H3. The van der Waals surface area contributed by atoms with Crippen LogP contribution in [-0.2, 0) is 4.79 Å². The number of rotatable bonds is 1. The van der Waals surface area contributed by atoms with Crippen LogP contribution in [0.2, 0.25) is 0 Å². The van der Waals surface area contributed by atoms with E-state index >= 15 is 0 Å². The van der Waals surface area contributed by atoms with Crippen LogP contribution in [0.25, 0.3) is 0 Å². The van der Waals surface area contributed by atoms with Crippen molar-refractivity contribution in [1.29, 1.82) is 0 Å². The normalized spacial score (nSPS) is 38.3. The molecular formula is C14H26N2O2. The zero-order valence-corrected chi connectivity index (χ0v) is 11.4. The van der Waals surface area contributed by atoms with Gasteiger partial charge in [-0.3, -0.25) is 4.79 Å². The average molecular weight is 254 g/mol. The van der Waals surface area contributed by atoms with Crippen LogP contribution in [0, 0.1) is 5.92 Å². The van der Waals surface area contributed by atoms with E-state index in [2.05, 4.69) is 0 Å². The van der Waals surface area contributed by atoms with Gasteiger partial charge in [-0.15, -0.1) is 0 Å². The van der Waals surface area contributed by atoms with Gasteiger partial charge in [0.1, 0.15) is 0 Å². The fourth-order valence-electron chi connectivity index (χ4n) is 3.29. The monoisotopic (exact) mass is 254 g/mol. The summed E-state index contributed by atoms with van der Waals surface area (Å²) in [5, 5.41) is 10.1. The maximum atomic E-state index is 12.5. The number of nitrogens with two attached hydrogens (primary N) is 1. The van der Waals surface area contributed by atoms with Crippen molar-refractivity contribution in [3.05, 3.63) is 0 Å². The molecule has 18 heavy (non-hydrogen) atoms. The molecule has 1 amide bonds. The van der Waals surface area contributed by atoms with Gasteiger partial charge < -0.3 is 15.7 Å². The van der Waals surface area contributed by atoms with Crippen molar-refractivity contribution >= 4 is 5.91 Å². The van der Waals surface area contributed by atoms with Crippen LogP contribution in [-0.4, -0.2) is 40.6 Å². The second-order valence-electron chi connectivity index (χ2n) is 6.27. The summed E-state index contributed by atoms with van der Waals surface area (Å²) >= 11 is 0. The zero-order valence-electron chi connectivity index (χ0n) is 11.4. The minimum atomic E-state index is -0.720. The first-order valence-electron chi connectivity index (χ1n) is 7.26. The highest BCUT2D eigenvalue weighted by Gasteiger charge is 2.36. The van der Waals surface area contributed by atoms with Gasteiger partial charge in [0, 0.05) is 19.1 Å². The van der Waals surface area contributed by atoms with Gasteiger partial charge in [0.15, 0.2) is 0 Å². The molecule has 4 heteroatoms. The molecule has 0 aromatic rings. The largest absolute Gasteiger partial charge is 0.388 e. The maximum Gasteiger partial charge on any atom is 0.227 e. The van der Waals surface area contributed by atoms with Crippen LogP contribution in [0.1, 0.15) is 51.9 Å². The van der Waals surface area contributed by atoms with Gasteiger partial charge in [0.05, 0.1) is 11.5 Å². The van der Waals surface area contributed by atoms with Crippen molar-refractivity contribution in [2.24, 2.45) is 11.7 Å². The summed E-state index contributed by atoms with van der Waals surface area (Å²) in [5.74, 6) is 0.144. The van der Waals surface area contributed by atoms with Gasteiger partial charge >= 0.3 is 0 Å². The van der Waals surface area contributed by atoms with E-state index in [0.29, 0.717) is 6.54 Å². The first kappa shape index (κ1) is 13.8. The van der Waals surface area contributed by atoms with Crippen molar-refractivity contribution in [2.75, 3.05) is 13.1 Å². The van der Waals surface area contributed by atoms with Gasteiger partial charge in [0.2, 0.25) is 5.91 Å². The molecule has 1 aliphatic heterocycles. The number of nitrogens with zero attached hydrogens (tertiary/aromatic N) is 1. The first-order chi connectivity index (χ1) is 8.49. The van der Waals surface area contributed by atoms with Crippen molar-refractivity contribution in [3.63, 3.8) is 0 Å². The molecule has 2 fully saturated rings. The summed E-state index contributed by atoms with van der Waals surface area (Å²) in [7, 11) is 0. The highest BCUT2D eigenvalue weighted by molar-refractivity contribution is 5.79. The van der Waals surface area contributed by atoms with Crippen LogP contribution in [0.15, 0.2) is 0 Å². The lowest BCUT2D eigenvalue weighted by Gasteiger charge is -2.39. The number of hydrogen-bond acceptors (Lipinski definition) is 3. The third-order valence-electron chi connectivity index (χ3n) is 4.37. The Kier molecular flexibility index (Phi) is 4.28. The molecular weight excluding hydrogens is 228 g/mol. The molecule has 0 radical (unpaired) electrons. The van der Waals surface area contributed by atoms with Crippen LogP contribution in [0.3, 0.4) is 0 Å². The van der Waals surface area contributed by atoms with E-state index in [1.54, 1.807) is 0 Å². The number of β-amino-alcohol motifs (C(OH)–C–C–N with tert-alkyl or cyclic N) is 1. The Bertz CT molecular complexity index is 304. The zero-order chi connectivity index (χ0) is 13.2. The summed E-state index contributed by atoms with van der Waals surface area (Å²) in [5.41, 5.74) is 5.42. The van der Waals surface area contributed by atoms with E-state index in [9.17, 15) is 9.90 Å². The number of carbonyl (C=O) groups excluding carboxylic acids is 1. The molecule has 4 nitrogen and oxygen atoms in total. The van der Waals surface area contributed by atoms with Crippen molar-refractivity contribution < 1.29 is 9.90 Å². The average Bonchev–Trinajstić information content (AvgIpc) is 2.51. The maximum absolute atomic E-state index is 12.5. The van der Waals surface area contributed by atoms with Gasteiger partial charge in [-0.2, -0.15) is 0 Å². The minimum absolute atomic E-state index is 0.00637. The van der Waals surface area contributed by atoms with Crippen LogP contribution in [0.4, 0.5) is 0 Å². The first-order valence-corrected chi connectivity index (χ1v) is 7.26. The number of carbonyl (C=O) groups is 1. The number of likely N-dealkylation sites (tertiary alicyclic amines) is 1.